The van der Waals surface area contributed by atoms with Gasteiger partial charge in [0.1, 0.15) is 5.82 Å². The van der Waals surface area contributed by atoms with Crippen LogP contribution >= 0.6 is 11.3 Å². The molecule has 0 spiro atoms. The standard InChI is InChI=1S/C17H24N6OS/c1-11-15(25-10-18-11)8-22-5-4-17(16-19-12(2)20-21-16)9-23(13(3)24)7-14(17)6-22/h10,14H,4-9H2,1-3H3,(H,19,20,21)/t14-,17-/m1/s1. The summed E-state index contributed by atoms with van der Waals surface area (Å²) >= 11 is 1.73. The largest absolute Gasteiger partial charge is 0.342 e. The van der Waals surface area contributed by atoms with E-state index < -0.39 is 0 Å². The first-order chi connectivity index (χ1) is 12.0. The Bertz CT molecular complexity index is 786. The van der Waals surface area contributed by atoms with Gasteiger partial charge in [-0.15, -0.1) is 11.3 Å². The van der Waals surface area contributed by atoms with E-state index in [9.17, 15) is 4.79 Å². The number of carbonyl (C=O) groups excluding carboxylic acids is 1. The van der Waals surface area contributed by atoms with Crippen molar-refractivity contribution in [1.82, 2.24) is 30.0 Å². The summed E-state index contributed by atoms with van der Waals surface area (Å²) in [6.45, 7) is 10.1. The van der Waals surface area contributed by atoms with Crippen molar-refractivity contribution in [2.75, 3.05) is 26.2 Å². The van der Waals surface area contributed by atoms with Crippen molar-refractivity contribution >= 4 is 17.2 Å². The van der Waals surface area contributed by atoms with Crippen LogP contribution in [0, 0.1) is 19.8 Å². The van der Waals surface area contributed by atoms with Crippen molar-refractivity contribution < 1.29 is 4.79 Å². The van der Waals surface area contributed by atoms with Gasteiger partial charge in [-0.25, -0.2) is 9.97 Å². The smallest absolute Gasteiger partial charge is 0.219 e. The minimum absolute atomic E-state index is 0.115. The lowest BCUT2D eigenvalue weighted by atomic mass is 9.72. The van der Waals surface area contributed by atoms with Gasteiger partial charge in [0.25, 0.3) is 0 Å². The number of thiazole rings is 1. The summed E-state index contributed by atoms with van der Waals surface area (Å²) in [5.74, 6) is 2.24. The second-order valence-corrected chi connectivity index (χ2v) is 8.28. The molecular weight excluding hydrogens is 336 g/mol. The normalized spacial score (nSPS) is 26.8. The maximum Gasteiger partial charge on any atom is 0.219 e. The number of aromatic nitrogens is 4. The quantitative estimate of drug-likeness (QED) is 0.897. The number of aromatic amines is 1. The number of piperidine rings is 1. The van der Waals surface area contributed by atoms with Crippen LogP contribution in [0.25, 0.3) is 0 Å². The predicted octanol–water partition coefficient (Wildman–Crippen LogP) is 1.50. The number of fused-ring (bicyclic) bond motifs is 1. The second-order valence-electron chi connectivity index (χ2n) is 7.34. The predicted molar refractivity (Wildman–Crippen MR) is 95.3 cm³/mol. The van der Waals surface area contributed by atoms with Gasteiger partial charge in [-0.2, -0.15) is 5.10 Å². The van der Waals surface area contributed by atoms with Gasteiger partial charge >= 0.3 is 0 Å². The minimum atomic E-state index is -0.115. The lowest BCUT2D eigenvalue weighted by Crippen LogP contribution is -2.49. The molecule has 1 N–H and O–H groups in total. The van der Waals surface area contributed by atoms with Crippen LogP contribution in [0.3, 0.4) is 0 Å². The molecule has 0 aromatic carbocycles. The summed E-state index contributed by atoms with van der Waals surface area (Å²) in [6.07, 6.45) is 0.983. The van der Waals surface area contributed by atoms with E-state index in [0.29, 0.717) is 5.92 Å². The summed E-state index contributed by atoms with van der Waals surface area (Å²) in [6, 6.07) is 0. The van der Waals surface area contributed by atoms with E-state index in [1.807, 2.05) is 17.3 Å². The van der Waals surface area contributed by atoms with Crippen LogP contribution in [0.2, 0.25) is 0 Å². The number of carbonyl (C=O) groups is 1. The molecule has 8 heteroatoms. The van der Waals surface area contributed by atoms with Gasteiger partial charge in [-0.1, -0.05) is 0 Å². The van der Waals surface area contributed by atoms with Gasteiger partial charge in [0, 0.05) is 43.9 Å². The summed E-state index contributed by atoms with van der Waals surface area (Å²) in [5.41, 5.74) is 2.93. The van der Waals surface area contributed by atoms with Crippen LogP contribution in [-0.2, 0) is 16.8 Å². The van der Waals surface area contributed by atoms with Crippen LogP contribution < -0.4 is 0 Å². The second kappa shape index (κ2) is 6.17. The highest BCUT2D eigenvalue weighted by Crippen LogP contribution is 2.44. The fourth-order valence-electron chi connectivity index (χ4n) is 4.25. The number of aryl methyl sites for hydroxylation is 2. The van der Waals surface area contributed by atoms with E-state index >= 15 is 0 Å². The molecule has 1 amide bonds. The first-order valence-corrected chi connectivity index (χ1v) is 9.62. The zero-order valence-corrected chi connectivity index (χ0v) is 15.8. The summed E-state index contributed by atoms with van der Waals surface area (Å²) in [5, 5.41) is 7.47. The Labute approximate surface area is 151 Å². The van der Waals surface area contributed by atoms with E-state index in [0.717, 1.165) is 56.5 Å². The lowest BCUT2D eigenvalue weighted by Gasteiger charge is -2.41. The Balaban J connectivity index is 1.58. The van der Waals surface area contributed by atoms with Crippen LogP contribution in [0.15, 0.2) is 5.51 Å². The molecule has 0 saturated carbocycles. The highest BCUT2D eigenvalue weighted by Gasteiger charge is 2.53. The zero-order valence-electron chi connectivity index (χ0n) is 14.9. The highest BCUT2D eigenvalue weighted by molar-refractivity contribution is 7.09. The van der Waals surface area contributed by atoms with Crippen LogP contribution in [0.5, 0.6) is 0 Å². The van der Waals surface area contributed by atoms with Crippen LogP contribution in [0.1, 0.15) is 35.6 Å². The van der Waals surface area contributed by atoms with Crippen molar-refractivity contribution in [2.24, 2.45) is 5.92 Å². The van der Waals surface area contributed by atoms with Crippen LogP contribution in [0.4, 0.5) is 0 Å². The molecule has 25 heavy (non-hydrogen) atoms. The number of nitrogens with one attached hydrogen (secondary N) is 1. The topological polar surface area (TPSA) is 78.0 Å². The molecule has 134 valence electrons. The Morgan fingerprint density at radius 2 is 2.28 bits per heavy atom. The Kier molecular flexibility index (Phi) is 4.11. The van der Waals surface area contributed by atoms with Gasteiger partial charge in [0.15, 0.2) is 5.82 Å². The molecule has 7 nitrogen and oxygen atoms in total. The maximum absolute atomic E-state index is 12.0. The third-order valence-corrected chi connectivity index (χ3v) is 6.67. The molecule has 2 aromatic heterocycles. The molecule has 2 saturated heterocycles. The van der Waals surface area contributed by atoms with Gasteiger partial charge in [-0.3, -0.25) is 14.8 Å². The molecule has 2 aromatic rings. The third kappa shape index (κ3) is 2.87. The summed E-state index contributed by atoms with van der Waals surface area (Å²) < 4.78 is 0. The van der Waals surface area contributed by atoms with Gasteiger partial charge in [-0.05, 0) is 26.8 Å². The molecule has 2 fully saturated rings. The van der Waals surface area contributed by atoms with Crippen molar-refractivity contribution in [3.8, 4) is 0 Å². The highest BCUT2D eigenvalue weighted by atomic mass is 32.1. The lowest BCUT2D eigenvalue weighted by molar-refractivity contribution is -0.128. The average Bonchev–Trinajstić information content (AvgIpc) is 3.27. The van der Waals surface area contributed by atoms with Crippen LogP contribution in [-0.4, -0.2) is 62.1 Å². The Morgan fingerprint density at radius 1 is 1.44 bits per heavy atom. The van der Waals surface area contributed by atoms with Crippen molar-refractivity contribution in [1.29, 1.82) is 0 Å². The maximum atomic E-state index is 12.0. The fraction of sp³-hybridized carbons (Fsp3) is 0.647. The SMILES string of the molecule is CC(=O)N1C[C@H]2CN(Cc3scnc3C)CC[C@@]2(c2n[nH]c(C)n2)C1. The van der Waals surface area contributed by atoms with Crippen molar-refractivity contribution in [3.05, 3.63) is 27.7 Å². The number of nitrogens with zero attached hydrogens (tertiary/aromatic N) is 5. The molecular formula is C17H24N6OS. The van der Waals surface area contributed by atoms with Gasteiger partial charge in [0.2, 0.25) is 5.91 Å². The number of hydrogen-bond donors (Lipinski definition) is 1. The number of amides is 1. The van der Waals surface area contributed by atoms with E-state index in [1.54, 1.807) is 18.3 Å². The van der Waals surface area contributed by atoms with E-state index in [2.05, 4.69) is 32.0 Å². The van der Waals surface area contributed by atoms with E-state index in [1.165, 1.54) is 4.88 Å². The van der Waals surface area contributed by atoms with E-state index in [-0.39, 0.29) is 11.3 Å². The van der Waals surface area contributed by atoms with Gasteiger partial charge in [0.05, 0.1) is 16.6 Å². The molecule has 0 unspecified atom stereocenters. The number of rotatable bonds is 3. The number of hydrogen-bond acceptors (Lipinski definition) is 6. The number of likely N-dealkylation sites (tertiary alicyclic amines) is 2. The van der Waals surface area contributed by atoms with Crippen molar-refractivity contribution in [3.63, 3.8) is 0 Å². The zero-order chi connectivity index (χ0) is 17.6. The van der Waals surface area contributed by atoms with E-state index in [4.69, 9.17) is 0 Å². The monoisotopic (exact) mass is 360 g/mol. The molecule has 4 rings (SSSR count). The fourth-order valence-corrected chi connectivity index (χ4v) is 5.06. The van der Waals surface area contributed by atoms with Crippen molar-refractivity contribution in [2.45, 2.75) is 39.2 Å². The third-order valence-electron chi connectivity index (χ3n) is 5.75. The Morgan fingerprint density at radius 3 is 2.92 bits per heavy atom. The molecule has 4 heterocycles. The summed E-state index contributed by atoms with van der Waals surface area (Å²) in [4.78, 5) is 26.8. The molecule has 2 aliphatic rings. The molecule has 2 aliphatic heterocycles. The molecule has 2 atom stereocenters. The summed E-state index contributed by atoms with van der Waals surface area (Å²) in [7, 11) is 0. The molecule has 0 bridgehead atoms. The first kappa shape index (κ1) is 16.7. The molecule has 0 radical (unpaired) electrons. The number of H-pyrrole nitrogens is 1. The first-order valence-electron chi connectivity index (χ1n) is 8.74. The minimum Gasteiger partial charge on any atom is -0.342 e. The Hall–Kier alpha value is -1.80. The average molecular weight is 360 g/mol. The molecule has 0 aliphatic carbocycles. The van der Waals surface area contributed by atoms with Gasteiger partial charge < -0.3 is 4.90 Å².